The lowest BCUT2D eigenvalue weighted by atomic mass is 9.79. The first kappa shape index (κ1) is 24.4. The Hall–Kier alpha value is -4.25. The number of hydrogen-bond acceptors (Lipinski definition) is 4. The van der Waals surface area contributed by atoms with Crippen molar-refractivity contribution in [1.82, 2.24) is 0 Å². The van der Waals surface area contributed by atoms with Gasteiger partial charge in [-0.25, -0.2) is 0 Å². The van der Waals surface area contributed by atoms with E-state index in [9.17, 15) is 15.0 Å². The monoisotopic (exact) mass is 492 g/mol. The predicted molar refractivity (Wildman–Crippen MR) is 149 cm³/mol. The topological polar surface area (TPSA) is 81.6 Å². The van der Waals surface area contributed by atoms with Gasteiger partial charge in [-0.2, -0.15) is 0 Å². The minimum absolute atomic E-state index is 0.0285. The predicted octanol–water partition coefficient (Wildman–Crippen LogP) is 7.00. The van der Waals surface area contributed by atoms with Crippen molar-refractivity contribution in [2.24, 2.45) is 0 Å². The molecule has 188 valence electrons. The summed E-state index contributed by atoms with van der Waals surface area (Å²) < 4.78 is 0. The summed E-state index contributed by atoms with van der Waals surface area (Å²) in [4.78, 5) is 11.2. The van der Waals surface area contributed by atoms with Crippen LogP contribution in [0.3, 0.4) is 0 Å². The first-order valence-electron chi connectivity index (χ1n) is 12.8. The normalized spacial score (nSPS) is 14.6. The first-order valence-corrected chi connectivity index (χ1v) is 12.8. The molecule has 0 radical (unpaired) electrons. The maximum Gasteiger partial charge on any atom is 0.221 e. The van der Waals surface area contributed by atoms with Crippen LogP contribution in [-0.4, -0.2) is 16.1 Å². The number of benzene rings is 4. The van der Waals surface area contributed by atoms with Gasteiger partial charge in [0.15, 0.2) is 11.5 Å². The van der Waals surface area contributed by atoms with Crippen molar-refractivity contribution < 1.29 is 15.0 Å². The number of carbonyl (C=O) groups excluding carboxylic acids is 1. The molecule has 1 amide bonds. The van der Waals surface area contributed by atoms with E-state index in [0.717, 1.165) is 53.7 Å². The molecule has 37 heavy (non-hydrogen) atoms. The van der Waals surface area contributed by atoms with Crippen LogP contribution in [0, 0.1) is 0 Å². The van der Waals surface area contributed by atoms with Crippen molar-refractivity contribution in [1.29, 1.82) is 0 Å². The number of phenolic OH excluding ortho intramolecular Hbond substituents is 2. The molecular formula is C32H32N2O3. The Kier molecular flexibility index (Phi) is 7.13. The average molecular weight is 493 g/mol. The van der Waals surface area contributed by atoms with E-state index in [1.54, 1.807) is 12.1 Å². The van der Waals surface area contributed by atoms with Gasteiger partial charge in [0.05, 0.1) is 0 Å². The minimum Gasteiger partial charge on any atom is -0.504 e. The molecule has 0 heterocycles. The zero-order valence-corrected chi connectivity index (χ0v) is 21.0. The molecule has 1 aliphatic carbocycles. The summed E-state index contributed by atoms with van der Waals surface area (Å²) in [7, 11) is 0. The molecular weight excluding hydrogens is 460 g/mol. The SMILES string of the molecule is CC(=O)Nc1ccc(CNc2ccc(-c3cccc(CC4CCCc5cc(O)c(O)cc54)c3)cc2)cc1. The number of hydrogen-bond donors (Lipinski definition) is 4. The largest absolute Gasteiger partial charge is 0.504 e. The van der Waals surface area contributed by atoms with Gasteiger partial charge in [0.2, 0.25) is 5.91 Å². The molecule has 4 N–H and O–H groups in total. The lowest BCUT2D eigenvalue weighted by molar-refractivity contribution is -0.114. The number of phenols is 2. The summed E-state index contributed by atoms with van der Waals surface area (Å²) in [5, 5.41) is 26.2. The molecule has 0 bridgehead atoms. The van der Waals surface area contributed by atoms with E-state index in [1.807, 2.05) is 24.3 Å². The average Bonchev–Trinajstić information content (AvgIpc) is 2.90. The van der Waals surface area contributed by atoms with E-state index in [0.29, 0.717) is 12.5 Å². The molecule has 1 atom stereocenters. The summed E-state index contributed by atoms with van der Waals surface area (Å²) in [5.41, 5.74) is 8.91. The number of nitrogens with one attached hydrogen (secondary N) is 2. The Morgan fingerprint density at radius 3 is 2.32 bits per heavy atom. The van der Waals surface area contributed by atoms with Crippen molar-refractivity contribution in [3.63, 3.8) is 0 Å². The maximum absolute atomic E-state index is 11.2. The Balaban J connectivity index is 1.24. The summed E-state index contributed by atoms with van der Waals surface area (Å²) >= 11 is 0. The van der Waals surface area contributed by atoms with Gasteiger partial charge in [0.1, 0.15) is 0 Å². The quantitative estimate of drug-likeness (QED) is 0.209. The van der Waals surface area contributed by atoms with Gasteiger partial charge in [0.25, 0.3) is 0 Å². The summed E-state index contributed by atoms with van der Waals surface area (Å²) in [5.74, 6) is 0.205. The number of fused-ring (bicyclic) bond motifs is 1. The fraction of sp³-hybridized carbons (Fsp3) is 0.219. The molecule has 4 aromatic rings. The second kappa shape index (κ2) is 10.8. The van der Waals surface area contributed by atoms with Crippen LogP contribution in [0.25, 0.3) is 11.1 Å². The van der Waals surface area contributed by atoms with Gasteiger partial charge >= 0.3 is 0 Å². The third-order valence-corrected chi connectivity index (χ3v) is 7.07. The molecule has 1 aliphatic rings. The molecule has 0 saturated heterocycles. The van der Waals surface area contributed by atoms with Gasteiger partial charge in [-0.3, -0.25) is 4.79 Å². The molecule has 1 unspecified atom stereocenters. The second-order valence-electron chi connectivity index (χ2n) is 9.84. The zero-order chi connectivity index (χ0) is 25.8. The maximum atomic E-state index is 11.2. The Labute approximate surface area is 217 Å². The van der Waals surface area contributed by atoms with Crippen LogP contribution >= 0.6 is 0 Å². The van der Waals surface area contributed by atoms with Crippen molar-refractivity contribution in [3.05, 3.63) is 107 Å². The number of aryl methyl sites for hydroxylation is 1. The van der Waals surface area contributed by atoms with Crippen molar-refractivity contribution in [2.45, 2.75) is 45.1 Å². The van der Waals surface area contributed by atoms with Crippen LogP contribution in [0.5, 0.6) is 11.5 Å². The van der Waals surface area contributed by atoms with E-state index in [2.05, 4.69) is 59.2 Å². The van der Waals surface area contributed by atoms with Gasteiger partial charge in [-0.15, -0.1) is 0 Å². The fourth-order valence-electron chi connectivity index (χ4n) is 5.20. The number of anilines is 2. The number of amides is 1. The Morgan fingerprint density at radius 2 is 1.57 bits per heavy atom. The third-order valence-electron chi connectivity index (χ3n) is 7.07. The Morgan fingerprint density at radius 1 is 0.838 bits per heavy atom. The molecule has 5 rings (SSSR count). The lowest BCUT2D eigenvalue weighted by Gasteiger charge is -2.26. The van der Waals surface area contributed by atoms with Crippen molar-refractivity contribution >= 4 is 17.3 Å². The highest BCUT2D eigenvalue weighted by atomic mass is 16.3. The van der Waals surface area contributed by atoms with Gasteiger partial charge < -0.3 is 20.8 Å². The first-order chi connectivity index (χ1) is 17.9. The van der Waals surface area contributed by atoms with E-state index >= 15 is 0 Å². The molecule has 5 heteroatoms. The summed E-state index contributed by atoms with van der Waals surface area (Å²) in [6.07, 6.45) is 4.03. The fourth-order valence-corrected chi connectivity index (χ4v) is 5.20. The van der Waals surface area contributed by atoms with Gasteiger partial charge in [0, 0.05) is 24.8 Å². The van der Waals surface area contributed by atoms with Gasteiger partial charge in [-0.1, -0.05) is 48.5 Å². The van der Waals surface area contributed by atoms with Crippen LogP contribution in [0.2, 0.25) is 0 Å². The highest BCUT2D eigenvalue weighted by Gasteiger charge is 2.22. The lowest BCUT2D eigenvalue weighted by Crippen LogP contribution is -2.12. The van der Waals surface area contributed by atoms with Crippen LogP contribution < -0.4 is 10.6 Å². The van der Waals surface area contributed by atoms with Crippen LogP contribution in [0.4, 0.5) is 11.4 Å². The zero-order valence-electron chi connectivity index (χ0n) is 21.0. The standard InChI is InChI=1S/C32H32N2O3/c1-21(35)34-29-12-8-22(9-13-29)20-33-28-14-10-24(11-15-28)25-5-2-4-23(16-25)17-26-6-3-7-27-18-31(36)32(37)19-30(26)27/h2,4-5,8-16,18-19,26,33,36-37H,3,6-7,17,20H2,1H3,(H,34,35). The van der Waals surface area contributed by atoms with Crippen LogP contribution in [-0.2, 0) is 24.2 Å². The molecule has 4 aromatic carbocycles. The smallest absolute Gasteiger partial charge is 0.221 e. The van der Waals surface area contributed by atoms with E-state index < -0.39 is 0 Å². The molecule has 0 aliphatic heterocycles. The second-order valence-corrected chi connectivity index (χ2v) is 9.84. The van der Waals surface area contributed by atoms with E-state index in [-0.39, 0.29) is 17.4 Å². The molecule has 0 spiro atoms. The van der Waals surface area contributed by atoms with Crippen LogP contribution in [0.1, 0.15) is 47.9 Å². The summed E-state index contributed by atoms with van der Waals surface area (Å²) in [6, 6.07) is 28.5. The number of carbonyl (C=O) groups is 1. The number of rotatable bonds is 7. The molecule has 0 fully saturated rings. The molecule has 5 nitrogen and oxygen atoms in total. The van der Waals surface area contributed by atoms with Crippen molar-refractivity contribution in [3.8, 4) is 22.6 Å². The summed E-state index contributed by atoms with van der Waals surface area (Å²) in [6.45, 7) is 2.20. The minimum atomic E-state index is -0.0720. The molecule has 0 saturated carbocycles. The highest BCUT2D eigenvalue weighted by Crippen LogP contribution is 2.40. The third kappa shape index (κ3) is 5.95. The number of aromatic hydroxyl groups is 2. The van der Waals surface area contributed by atoms with Crippen molar-refractivity contribution in [2.75, 3.05) is 10.6 Å². The molecule has 0 aromatic heterocycles. The highest BCUT2D eigenvalue weighted by molar-refractivity contribution is 5.88. The van der Waals surface area contributed by atoms with E-state index in [1.165, 1.54) is 23.6 Å². The van der Waals surface area contributed by atoms with Gasteiger partial charge in [-0.05, 0) is 101 Å². The Bertz CT molecular complexity index is 1390. The van der Waals surface area contributed by atoms with E-state index in [4.69, 9.17) is 0 Å². The van der Waals surface area contributed by atoms with Crippen LogP contribution in [0.15, 0.2) is 84.9 Å².